The Labute approximate surface area is 181 Å². The number of carbonyl (C=O) groups is 1. The molecule has 4 aromatic rings. The van der Waals surface area contributed by atoms with Crippen LogP contribution in [0, 0.1) is 12.3 Å². The van der Waals surface area contributed by atoms with Gasteiger partial charge in [0, 0.05) is 0 Å². The van der Waals surface area contributed by atoms with Crippen molar-refractivity contribution >= 4 is 61.4 Å². The molecule has 144 valence electrons. The highest BCUT2D eigenvalue weighted by Gasteiger charge is 2.16. The molecule has 0 saturated heterocycles. The molecule has 0 saturated carbocycles. The lowest BCUT2D eigenvalue weighted by molar-refractivity contribution is 0.0995. The number of methoxy groups -OCH3 is 1. The highest BCUT2D eigenvalue weighted by molar-refractivity contribution is 7.16. The van der Waals surface area contributed by atoms with Crippen molar-refractivity contribution < 1.29 is 9.53 Å². The van der Waals surface area contributed by atoms with Crippen molar-refractivity contribution in [2.45, 2.75) is 6.54 Å². The monoisotopic (exact) mass is 440 g/mol. The molecule has 0 spiro atoms. The van der Waals surface area contributed by atoms with Gasteiger partial charge >= 0.3 is 0 Å². The van der Waals surface area contributed by atoms with Gasteiger partial charge in [0.25, 0.3) is 5.91 Å². The van der Waals surface area contributed by atoms with Crippen LogP contribution in [0.15, 0.2) is 53.5 Å². The lowest BCUT2D eigenvalue weighted by Crippen LogP contribution is -2.17. The number of ether oxygens (including phenoxy) is 1. The van der Waals surface area contributed by atoms with Crippen LogP contribution in [0.3, 0.4) is 0 Å². The summed E-state index contributed by atoms with van der Waals surface area (Å²) >= 11 is 13.9. The number of thiazole rings is 1. The summed E-state index contributed by atoms with van der Waals surface area (Å²) in [6.07, 6.45) is 5.53. The Morgan fingerprint density at radius 3 is 2.62 bits per heavy atom. The zero-order chi connectivity index (χ0) is 20.5. The molecule has 1 heterocycles. The van der Waals surface area contributed by atoms with E-state index >= 15 is 0 Å². The van der Waals surface area contributed by atoms with E-state index in [1.807, 2.05) is 36.4 Å². The molecule has 7 heteroatoms. The molecule has 0 unspecified atom stereocenters. The predicted octanol–water partition coefficient (Wildman–Crippen LogP) is 5.55. The number of halogens is 2. The normalized spacial score (nSPS) is 11.7. The maximum atomic E-state index is 13.1. The number of nitrogens with zero attached hydrogens (tertiary/aromatic N) is 2. The van der Waals surface area contributed by atoms with Crippen LogP contribution < -0.4 is 9.54 Å². The molecule has 4 nitrogen and oxygen atoms in total. The van der Waals surface area contributed by atoms with Gasteiger partial charge in [0.1, 0.15) is 5.75 Å². The molecule has 0 N–H and O–H groups in total. The van der Waals surface area contributed by atoms with Crippen LogP contribution in [0.1, 0.15) is 10.4 Å². The van der Waals surface area contributed by atoms with E-state index in [1.165, 1.54) is 18.4 Å². The standard InChI is InChI=1S/C22H14Cl2N2O2S/c1-3-10-26-20-18(9-8-16(23)19(20)24)29-22(26)25-21(27)15-11-13-6-4-5-7-14(13)12-17(15)28-2/h1,4-9,11-12H,10H2,2H3. The van der Waals surface area contributed by atoms with Gasteiger partial charge in [-0.2, -0.15) is 4.99 Å². The van der Waals surface area contributed by atoms with Crippen LogP contribution in [0.4, 0.5) is 0 Å². The molecule has 0 fully saturated rings. The second kappa shape index (κ2) is 7.92. The molecule has 1 aromatic heterocycles. The number of benzene rings is 3. The van der Waals surface area contributed by atoms with E-state index in [1.54, 1.807) is 16.7 Å². The molecular weight excluding hydrogens is 427 g/mol. The maximum absolute atomic E-state index is 13.1. The Morgan fingerprint density at radius 2 is 1.93 bits per heavy atom. The van der Waals surface area contributed by atoms with E-state index < -0.39 is 5.91 Å². The molecule has 0 bridgehead atoms. The number of fused-ring (bicyclic) bond motifs is 2. The second-order valence-corrected chi connectivity index (χ2v) is 7.99. The first-order valence-corrected chi connectivity index (χ1v) is 10.2. The second-order valence-electron chi connectivity index (χ2n) is 6.20. The fourth-order valence-electron chi connectivity index (χ4n) is 3.13. The van der Waals surface area contributed by atoms with Crippen molar-refractivity contribution in [3.8, 4) is 18.1 Å². The summed E-state index contributed by atoms with van der Waals surface area (Å²) in [7, 11) is 1.53. The van der Waals surface area contributed by atoms with Crippen molar-refractivity contribution in [3.63, 3.8) is 0 Å². The Balaban J connectivity index is 1.93. The highest BCUT2D eigenvalue weighted by atomic mass is 35.5. The molecule has 0 aliphatic carbocycles. The van der Waals surface area contributed by atoms with Gasteiger partial charge in [-0.05, 0) is 35.0 Å². The minimum Gasteiger partial charge on any atom is -0.496 e. The predicted molar refractivity (Wildman–Crippen MR) is 119 cm³/mol. The molecule has 0 aliphatic heterocycles. The smallest absolute Gasteiger partial charge is 0.283 e. The molecule has 0 radical (unpaired) electrons. The number of hydrogen-bond donors (Lipinski definition) is 0. The van der Waals surface area contributed by atoms with Gasteiger partial charge in [0.05, 0.1) is 39.5 Å². The van der Waals surface area contributed by atoms with E-state index in [0.29, 0.717) is 31.7 Å². The van der Waals surface area contributed by atoms with E-state index in [2.05, 4.69) is 10.9 Å². The van der Waals surface area contributed by atoms with Crippen LogP contribution in [0.2, 0.25) is 10.0 Å². The molecule has 1 amide bonds. The van der Waals surface area contributed by atoms with Gasteiger partial charge in [-0.15, -0.1) is 6.42 Å². The number of hydrogen-bond acceptors (Lipinski definition) is 3. The van der Waals surface area contributed by atoms with Crippen LogP contribution in [0.5, 0.6) is 5.75 Å². The summed E-state index contributed by atoms with van der Waals surface area (Å²) in [4.78, 5) is 17.8. The van der Waals surface area contributed by atoms with E-state index in [0.717, 1.165) is 15.5 Å². The van der Waals surface area contributed by atoms with Crippen molar-refractivity contribution in [1.29, 1.82) is 0 Å². The van der Waals surface area contributed by atoms with Gasteiger partial charge in [0.2, 0.25) is 0 Å². The summed E-state index contributed by atoms with van der Waals surface area (Å²) in [6, 6.07) is 14.9. The van der Waals surface area contributed by atoms with E-state index in [-0.39, 0.29) is 6.54 Å². The van der Waals surface area contributed by atoms with Gasteiger partial charge in [-0.1, -0.05) is 64.7 Å². The van der Waals surface area contributed by atoms with Crippen LogP contribution in [0.25, 0.3) is 21.0 Å². The SMILES string of the molecule is C#CCn1c(=NC(=O)c2cc3ccccc3cc2OC)sc2ccc(Cl)c(Cl)c21. The maximum Gasteiger partial charge on any atom is 0.283 e. The zero-order valence-corrected chi connectivity index (χ0v) is 17.6. The minimum absolute atomic E-state index is 0.209. The third-order valence-corrected chi connectivity index (χ3v) is 6.32. The Bertz CT molecular complexity index is 1380. The first kappa shape index (κ1) is 19.5. The Morgan fingerprint density at radius 1 is 1.21 bits per heavy atom. The number of terminal acetylenes is 1. The third-order valence-electron chi connectivity index (χ3n) is 4.48. The number of amides is 1. The summed E-state index contributed by atoms with van der Waals surface area (Å²) in [5, 5.41) is 2.70. The fourth-order valence-corrected chi connectivity index (χ4v) is 4.64. The van der Waals surface area contributed by atoms with Crippen molar-refractivity contribution in [2.24, 2.45) is 4.99 Å². The quantitative estimate of drug-likeness (QED) is 0.392. The van der Waals surface area contributed by atoms with Gasteiger partial charge in [-0.25, -0.2) is 0 Å². The number of carbonyl (C=O) groups excluding carboxylic acids is 1. The van der Waals surface area contributed by atoms with E-state index in [4.69, 9.17) is 34.4 Å². The molecular formula is C22H14Cl2N2O2S. The molecule has 3 aromatic carbocycles. The average Bonchev–Trinajstić information content (AvgIpc) is 3.07. The summed E-state index contributed by atoms with van der Waals surface area (Å²) in [5.74, 6) is 2.62. The lowest BCUT2D eigenvalue weighted by atomic mass is 10.1. The zero-order valence-electron chi connectivity index (χ0n) is 15.3. The summed E-state index contributed by atoms with van der Waals surface area (Å²) < 4.78 is 7.99. The summed E-state index contributed by atoms with van der Waals surface area (Å²) in [6.45, 7) is 0.209. The Kier molecular flexibility index (Phi) is 5.33. The average molecular weight is 441 g/mol. The molecule has 0 aliphatic rings. The largest absolute Gasteiger partial charge is 0.496 e. The Hall–Kier alpha value is -2.78. The molecule has 0 atom stereocenters. The topological polar surface area (TPSA) is 43.6 Å². The number of aromatic nitrogens is 1. The van der Waals surface area contributed by atoms with Gasteiger partial charge in [-0.3, -0.25) is 4.79 Å². The third kappa shape index (κ3) is 3.51. The van der Waals surface area contributed by atoms with Crippen LogP contribution in [-0.2, 0) is 6.54 Å². The first-order valence-electron chi connectivity index (χ1n) is 8.60. The van der Waals surface area contributed by atoms with Crippen molar-refractivity contribution in [3.05, 3.63) is 68.9 Å². The van der Waals surface area contributed by atoms with Crippen LogP contribution in [-0.4, -0.2) is 17.6 Å². The van der Waals surface area contributed by atoms with E-state index in [9.17, 15) is 4.79 Å². The number of rotatable bonds is 3. The fraction of sp³-hybridized carbons (Fsp3) is 0.0909. The molecule has 4 rings (SSSR count). The summed E-state index contributed by atoms with van der Waals surface area (Å²) in [5.41, 5.74) is 1.04. The van der Waals surface area contributed by atoms with Crippen molar-refractivity contribution in [1.82, 2.24) is 4.57 Å². The van der Waals surface area contributed by atoms with Crippen molar-refractivity contribution in [2.75, 3.05) is 7.11 Å². The van der Waals surface area contributed by atoms with Gasteiger partial charge < -0.3 is 9.30 Å². The lowest BCUT2D eigenvalue weighted by Gasteiger charge is -2.08. The minimum atomic E-state index is -0.424. The molecule has 29 heavy (non-hydrogen) atoms. The van der Waals surface area contributed by atoms with Crippen LogP contribution >= 0.6 is 34.5 Å². The highest BCUT2D eigenvalue weighted by Crippen LogP contribution is 2.32. The van der Waals surface area contributed by atoms with Gasteiger partial charge in [0.15, 0.2) is 4.80 Å². The first-order chi connectivity index (χ1) is 14.0.